The minimum atomic E-state index is -1.06. The third kappa shape index (κ3) is 6.30. The van der Waals surface area contributed by atoms with E-state index in [0.717, 1.165) is 62.5 Å². The number of amides is 2. The van der Waals surface area contributed by atoms with Crippen molar-refractivity contribution < 1.29 is 33.8 Å². The summed E-state index contributed by atoms with van der Waals surface area (Å²) in [5, 5.41) is 23.7. The lowest BCUT2D eigenvalue weighted by Gasteiger charge is -2.72. The molecule has 1 aromatic heterocycles. The van der Waals surface area contributed by atoms with Crippen LogP contribution in [0.3, 0.4) is 0 Å². The Labute approximate surface area is 373 Å². The number of rotatable bonds is 9. The smallest absolute Gasteiger partial charge is 0.309 e. The lowest BCUT2D eigenvalue weighted by Crippen LogP contribution is -2.70. The van der Waals surface area contributed by atoms with Crippen LogP contribution in [0.25, 0.3) is 11.3 Å². The number of fused-ring (bicyclic) bond motifs is 7. The summed E-state index contributed by atoms with van der Waals surface area (Å²) < 4.78 is 6.43. The maximum atomic E-state index is 14.8. The van der Waals surface area contributed by atoms with E-state index < -0.39 is 34.3 Å². The van der Waals surface area contributed by atoms with Crippen molar-refractivity contribution in [3.63, 3.8) is 0 Å². The molecule has 1 heterocycles. The van der Waals surface area contributed by atoms with E-state index in [1.165, 1.54) is 5.57 Å². The molecule has 7 aliphatic carbocycles. The number of carboxylic acids is 1. The lowest BCUT2D eigenvalue weighted by atomic mass is 9.33. The van der Waals surface area contributed by atoms with Gasteiger partial charge in [0.25, 0.3) is 5.91 Å². The van der Waals surface area contributed by atoms with E-state index in [-0.39, 0.29) is 69.6 Å². The van der Waals surface area contributed by atoms with Crippen LogP contribution in [-0.4, -0.2) is 62.0 Å². The van der Waals surface area contributed by atoms with Gasteiger partial charge in [0, 0.05) is 17.4 Å². The summed E-state index contributed by atoms with van der Waals surface area (Å²) in [7, 11) is 0. The highest BCUT2D eigenvalue weighted by molar-refractivity contribution is 6.04. The number of carbonyl (C=O) groups is 5. The van der Waals surface area contributed by atoms with Gasteiger partial charge in [-0.25, -0.2) is 0 Å². The second-order valence-electron chi connectivity index (χ2n) is 23.4. The molecule has 6 saturated carbocycles. The molecule has 0 radical (unpaired) electrons. The average molecular weight is 863 g/mol. The Hall–Kier alpha value is -4.28. The molecule has 11 nitrogen and oxygen atoms in total. The van der Waals surface area contributed by atoms with E-state index in [4.69, 9.17) is 4.74 Å². The molecule has 0 aliphatic heterocycles. The fraction of sp³-hybridized carbons (Fsp3) is 0.692. The largest absolute Gasteiger partial charge is 0.481 e. The molecule has 11 heteroatoms. The summed E-state index contributed by atoms with van der Waals surface area (Å²) in [6.45, 7) is 20.1. The van der Waals surface area contributed by atoms with Crippen LogP contribution in [0.2, 0.25) is 0 Å². The first kappa shape index (κ1) is 43.9. The van der Waals surface area contributed by atoms with Gasteiger partial charge >= 0.3 is 11.9 Å². The first-order valence-electron chi connectivity index (χ1n) is 24.0. The van der Waals surface area contributed by atoms with Crippen LogP contribution in [0.15, 0.2) is 47.5 Å². The maximum Gasteiger partial charge on any atom is 0.309 e. The minimum absolute atomic E-state index is 0.0169. The minimum Gasteiger partial charge on any atom is -0.481 e. The standard InChI is InChI=1S/C52H70N4O7/c1-29(2)40-36(57)28-52(54-45(62)51(20-13-21-51)53-42(58)35-27-34(55-56-35)30-14-11-10-12-15-30)25-24-49(8)31(41(40)52)16-17-38-48(7)22-19-39(47(5,6)37(48)18-23-50(38,49)9)63-44(61)33-26-32(43(59)60)46(33,3)4/h10-12,14-15,27,29,31-33,37-39H,13,16-26,28H2,1-9H3,(H,53,58)(H,54,62)(H,55,56)(H,59,60)/t31-,32+,33-,37+,38-,39+,48+,49-,50-,52-/m1/s1. The van der Waals surface area contributed by atoms with Gasteiger partial charge in [0.1, 0.15) is 17.3 Å². The number of carbonyl (C=O) groups excluding carboxylic acids is 4. The van der Waals surface area contributed by atoms with E-state index >= 15 is 0 Å². The highest BCUT2D eigenvalue weighted by atomic mass is 16.5. The van der Waals surface area contributed by atoms with Crippen molar-refractivity contribution in [2.75, 3.05) is 0 Å². The molecule has 7 aliphatic rings. The van der Waals surface area contributed by atoms with Crippen molar-refractivity contribution in [2.45, 2.75) is 163 Å². The third-order valence-electron chi connectivity index (χ3n) is 19.7. The van der Waals surface area contributed by atoms with Gasteiger partial charge in [-0.3, -0.25) is 29.1 Å². The van der Waals surface area contributed by atoms with Crippen molar-refractivity contribution in [2.24, 2.45) is 62.6 Å². The third-order valence-corrected chi connectivity index (χ3v) is 19.7. The predicted octanol–water partition coefficient (Wildman–Crippen LogP) is 9.24. The molecule has 4 N–H and O–H groups in total. The molecule has 0 saturated heterocycles. The quantitative estimate of drug-likeness (QED) is 0.181. The summed E-state index contributed by atoms with van der Waals surface area (Å²) >= 11 is 0. The zero-order chi connectivity index (χ0) is 45.3. The number of aliphatic carboxylic acids is 1. The molecule has 63 heavy (non-hydrogen) atoms. The monoisotopic (exact) mass is 863 g/mol. The molecule has 6 fully saturated rings. The Morgan fingerprint density at radius 3 is 2.16 bits per heavy atom. The number of nitrogens with one attached hydrogen (secondary N) is 3. The molecule has 0 unspecified atom stereocenters. The molecule has 1 aromatic carbocycles. The van der Waals surface area contributed by atoms with E-state index in [9.17, 15) is 29.1 Å². The Balaban J connectivity index is 0.953. The molecular formula is C52H70N4O7. The van der Waals surface area contributed by atoms with Gasteiger partial charge in [-0.05, 0) is 140 Å². The molecule has 2 amide bonds. The fourth-order valence-electron chi connectivity index (χ4n) is 15.7. The average Bonchev–Trinajstić information content (AvgIpc) is 3.80. The van der Waals surface area contributed by atoms with Crippen LogP contribution in [0, 0.1) is 62.6 Å². The Morgan fingerprint density at radius 1 is 0.810 bits per heavy atom. The van der Waals surface area contributed by atoms with E-state index in [1.54, 1.807) is 6.07 Å². The molecular weight excluding hydrogens is 793 g/mol. The summed E-state index contributed by atoms with van der Waals surface area (Å²) in [6.07, 6.45) is 9.61. The second-order valence-corrected chi connectivity index (χ2v) is 23.4. The number of esters is 1. The maximum absolute atomic E-state index is 14.8. The number of hydrogen-bond donors (Lipinski definition) is 4. The van der Waals surface area contributed by atoms with Crippen molar-refractivity contribution in [3.05, 3.63) is 53.2 Å². The molecule has 340 valence electrons. The van der Waals surface area contributed by atoms with Crippen molar-refractivity contribution >= 4 is 29.5 Å². The summed E-state index contributed by atoms with van der Waals surface area (Å²) in [6, 6.07) is 11.4. The summed E-state index contributed by atoms with van der Waals surface area (Å²) in [5.74, 6) is -1.51. The molecule has 0 spiro atoms. The van der Waals surface area contributed by atoms with Crippen LogP contribution < -0.4 is 10.6 Å². The summed E-state index contributed by atoms with van der Waals surface area (Å²) in [4.78, 5) is 68.4. The Kier molecular flexibility index (Phi) is 10.2. The van der Waals surface area contributed by atoms with Crippen molar-refractivity contribution in [1.29, 1.82) is 0 Å². The highest BCUT2D eigenvalue weighted by Gasteiger charge is 2.71. The molecule has 2 aromatic rings. The number of carboxylic acid groups (broad SMARTS) is 1. The Morgan fingerprint density at radius 2 is 1.52 bits per heavy atom. The first-order valence-corrected chi connectivity index (χ1v) is 24.0. The van der Waals surface area contributed by atoms with Crippen LogP contribution in [0.1, 0.15) is 156 Å². The summed E-state index contributed by atoms with van der Waals surface area (Å²) in [5.41, 5.74) is 1.08. The number of benzene rings is 1. The second kappa shape index (κ2) is 14.6. The van der Waals surface area contributed by atoms with Crippen LogP contribution >= 0.6 is 0 Å². The van der Waals surface area contributed by atoms with E-state index in [0.29, 0.717) is 48.9 Å². The SMILES string of the molecule is CC(C)C1=C2[C@H]3CC[C@@H]4[C@@]5(C)CC[C@H](OC(=O)[C@H]6C[C@@H](C(=O)O)C6(C)C)C(C)(C)[C@@H]5CC[C@@]4(C)[C@]3(C)CC[C@@]2(NC(=O)C2(NC(=O)c3cc(-c4ccccc4)n[nH]3)CCC2)CC1=O. The number of allylic oxidation sites excluding steroid dienone is 1. The molecule has 9 rings (SSSR count). The zero-order valence-corrected chi connectivity index (χ0v) is 39.0. The van der Waals surface area contributed by atoms with Gasteiger partial charge in [0.05, 0.1) is 23.1 Å². The number of ketones is 1. The number of nitrogens with zero attached hydrogens (tertiary/aromatic N) is 1. The Bertz CT molecular complexity index is 2270. The van der Waals surface area contributed by atoms with Gasteiger partial charge in [-0.1, -0.05) is 92.6 Å². The number of hydrogen-bond acceptors (Lipinski definition) is 7. The number of ether oxygens (including phenoxy) is 1. The van der Waals surface area contributed by atoms with Crippen LogP contribution in [0.5, 0.6) is 0 Å². The molecule has 0 bridgehead atoms. The van der Waals surface area contributed by atoms with E-state index in [2.05, 4.69) is 69.3 Å². The van der Waals surface area contributed by atoms with Crippen molar-refractivity contribution in [3.8, 4) is 11.3 Å². The van der Waals surface area contributed by atoms with Crippen molar-refractivity contribution in [1.82, 2.24) is 20.8 Å². The number of H-pyrrole nitrogens is 1. The number of aromatic nitrogens is 2. The normalized spacial score (nSPS) is 38.2. The van der Waals surface area contributed by atoms with Gasteiger partial charge in [0.2, 0.25) is 5.91 Å². The predicted molar refractivity (Wildman–Crippen MR) is 239 cm³/mol. The first-order chi connectivity index (χ1) is 29.5. The highest BCUT2D eigenvalue weighted by Crippen LogP contribution is 2.76. The van der Waals surface area contributed by atoms with Crippen LogP contribution in [-0.2, 0) is 23.9 Å². The zero-order valence-electron chi connectivity index (χ0n) is 39.0. The van der Waals surface area contributed by atoms with Gasteiger partial charge in [-0.15, -0.1) is 0 Å². The fourth-order valence-corrected chi connectivity index (χ4v) is 15.7. The number of Topliss-reactive ketones (excluding diaryl/α,β-unsaturated/α-hetero) is 1. The molecule has 10 atom stereocenters. The van der Waals surface area contributed by atoms with Gasteiger partial charge in [0.15, 0.2) is 5.78 Å². The van der Waals surface area contributed by atoms with Gasteiger partial charge in [-0.2, -0.15) is 5.10 Å². The number of aromatic amines is 1. The lowest BCUT2D eigenvalue weighted by molar-refractivity contribution is -0.235. The van der Waals surface area contributed by atoms with Gasteiger partial charge < -0.3 is 20.5 Å². The van der Waals surface area contributed by atoms with E-state index in [1.807, 2.05) is 44.2 Å². The topological polar surface area (TPSA) is 168 Å². The van der Waals surface area contributed by atoms with Crippen LogP contribution in [0.4, 0.5) is 0 Å².